The van der Waals surface area contributed by atoms with E-state index in [4.69, 9.17) is 14.3 Å². The van der Waals surface area contributed by atoms with Crippen LogP contribution in [0.2, 0.25) is 0 Å². The van der Waals surface area contributed by atoms with Crippen LogP contribution < -0.4 is 10.6 Å². The minimum Gasteiger partial charge on any atom is -0.481 e. The lowest BCUT2D eigenvalue weighted by Crippen LogP contribution is -2.26. The molecule has 4 rings (SSSR count). The number of allylic oxidation sites excluding steroid dienone is 4. The SMILES string of the molecule is CCOCc1oc(C2=CC=C(C(F)(F)F)CC2)cc1C(Nc1ccc(C(=O)NCCC(=O)O)cc1)C1CCCCC1. The molecule has 3 N–H and O–H groups in total. The molecule has 1 saturated carbocycles. The number of aliphatic carboxylic acids is 1. The van der Waals surface area contributed by atoms with Crippen molar-refractivity contribution in [1.82, 2.24) is 5.32 Å². The molecule has 1 amide bonds. The molecule has 1 atom stereocenters. The van der Waals surface area contributed by atoms with E-state index in [0.29, 0.717) is 29.6 Å². The zero-order valence-corrected chi connectivity index (χ0v) is 23.2. The minimum absolute atomic E-state index is 0.0487. The Labute approximate surface area is 237 Å². The van der Waals surface area contributed by atoms with Crippen LogP contribution in [0.25, 0.3) is 5.57 Å². The van der Waals surface area contributed by atoms with Gasteiger partial charge in [0.15, 0.2) is 0 Å². The Balaban J connectivity index is 1.60. The van der Waals surface area contributed by atoms with Gasteiger partial charge in [-0.25, -0.2) is 0 Å². The van der Waals surface area contributed by atoms with Crippen LogP contribution >= 0.6 is 0 Å². The van der Waals surface area contributed by atoms with Crippen molar-refractivity contribution in [3.05, 3.63) is 70.7 Å². The van der Waals surface area contributed by atoms with E-state index in [-0.39, 0.29) is 44.4 Å². The third-order valence-electron chi connectivity index (χ3n) is 7.66. The Morgan fingerprint density at radius 1 is 1.10 bits per heavy atom. The van der Waals surface area contributed by atoms with E-state index in [1.165, 1.54) is 12.5 Å². The molecule has 1 unspecified atom stereocenters. The van der Waals surface area contributed by atoms with Gasteiger partial charge in [-0.2, -0.15) is 13.2 Å². The number of carboxylic acid groups (broad SMARTS) is 1. The summed E-state index contributed by atoms with van der Waals surface area (Å²) in [5.41, 5.74) is 2.35. The summed E-state index contributed by atoms with van der Waals surface area (Å²) in [6.07, 6.45) is 3.76. The summed E-state index contributed by atoms with van der Waals surface area (Å²) >= 11 is 0. The Hall–Kier alpha value is -3.53. The smallest absolute Gasteiger partial charge is 0.412 e. The minimum atomic E-state index is -4.33. The molecule has 0 saturated heterocycles. The Morgan fingerprint density at radius 3 is 2.44 bits per heavy atom. The highest BCUT2D eigenvalue weighted by atomic mass is 19.4. The van der Waals surface area contributed by atoms with Gasteiger partial charge in [0, 0.05) is 35.5 Å². The molecule has 2 aliphatic carbocycles. The first-order chi connectivity index (χ1) is 19.7. The van der Waals surface area contributed by atoms with E-state index >= 15 is 0 Å². The first kappa shape index (κ1) is 30.4. The van der Waals surface area contributed by atoms with Crippen LogP contribution in [0, 0.1) is 5.92 Å². The molecule has 2 aliphatic rings. The fourth-order valence-electron chi connectivity index (χ4n) is 5.45. The lowest BCUT2D eigenvalue weighted by Gasteiger charge is -2.32. The molecule has 1 heterocycles. The normalized spacial score (nSPS) is 17.0. The molecule has 1 aromatic heterocycles. The van der Waals surface area contributed by atoms with Crippen molar-refractivity contribution in [2.45, 2.75) is 77.1 Å². The van der Waals surface area contributed by atoms with Crippen molar-refractivity contribution in [2.24, 2.45) is 5.92 Å². The summed E-state index contributed by atoms with van der Waals surface area (Å²) in [6.45, 7) is 2.69. The van der Waals surface area contributed by atoms with Gasteiger partial charge in [-0.05, 0) is 74.4 Å². The van der Waals surface area contributed by atoms with E-state index in [2.05, 4.69) is 10.6 Å². The molecule has 0 bridgehead atoms. The molecular formula is C31H37F3N2O5. The van der Waals surface area contributed by atoms with Gasteiger partial charge in [-0.3, -0.25) is 9.59 Å². The van der Waals surface area contributed by atoms with Crippen LogP contribution in [0.5, 0.6) is 0 Å². The summed E-state index contributed by atoms with van der Waals surface area (Å²) in [4.78, 5) is 23.1. The third-order valence-corrected chi connectivity index (χ3v) is 7.66. The number of benzene rings is 1. The van der Waals surface area contributed by atoms with E-state index in [1.807, 2.05) is 25.1 Å². The average molecular weight is 575 g/mol. The molecule has 0 spiro atoms. The second-order valence-electron chi connectivity index (χ2n) is 10.5. The first-order valence-corrected chi connectivity index (χ1v) is 14.2. The molecule has 222 valence electrons. The van der Waals surface area contributed by atoms with Gasteiger partial charge in [0.25, 0.3) is 5.91 Å². The maximum Gasteiger partial charge on any atom is 0.412 e. The highest BCUT2D eigenvalue weighted by Gasteiger charge is 2.35. The van der Waals surface area contributed by atoms with Crippen LogP contribution in [-0.2, 0) is 16.1 Å². The molecule has 1 fully saturated rings. The Kier molecular flexibility index (Phi) is 10.3. The average Bonchev–Trinajstić information content (AvgIpc) is 3.38. The summed E-state index contributed by atoms with van der Waals surface area (Å²) in [7, 11) is 0. The molecule has 0 aliphatic heterocycles. The molecule has 1 aromatic carbocycles. The number of amides is 1. The molecule has 10 heteroatoms. The Bertz CT molecular complexity index is 1260. The van der Waals surface area contributed by atoms with Crippen LogP contribution in [0.1, 0.15) is 91.8 Å². The standard InChI is InChI=1S/C31H37F3N2O5/c1-2-40-19-27-25(18-26(41-27)20-8-12-23(13-9-20)31(32,33)34)29(21-6-4-3-5-7-21)36-24-14-10-22(11-15-24)30(39)35-17-16-28(37)38/h8,10-12,14-15,18,21,29,36H,2-7,9,13,16-17,19H2,1H3,(H,35,39)(H,37,38). The highest BCUT2D eigenvalue weighted by Crippen LogP contribution is 2.42. The van der Waals surface area contributed by atoms with E-state index in [1.54, 1.807) is 12.1 Å². The fraction of sp³-hybridized carbons (Fsp3) is 0.484. The van der Waals surface area contributed by atoms with Gasteiger partial charge in [0.05, 0.1) is 12.5 Å². The second kappa shape index (κ2) is 13.9. The maximum atomic E-state index is 13.2. The van der Waals surface area contributed by atoms with Gasteiger partial charge >= 0.3 is 12.1 Å². The number of hydrogen-bond acceptors (Lipinski definition) is 5. The molecule has 0 radical (unpaired) electrons. The van der Waals surface area contributed by atoms with Crippen molar-refractivity contribution >= 4 is 23.1 Å². The van der Waals surface area contributed by atoms with Crippen LogP contribution in [0.4, 0.5) is 18.9 Å². The summed E-state index contributed by atoms with van der Waals surface area (Å²) in [6, 6.07) is 8.84. The summed E-state index contributed by atoms with van der Waals surface area (Å²) in [5, 5.41) is 15.0. The van der Waals surface area contributed by atoms with E-state index < -0.39 is 17.7 Å². The number of halogens is 3. The van der Waals surface area contributed by atoms with Crippen LogP contribution in [-0.4, -0.2) is 36.3 Å². The van der Waals surface area contributed by atoms with Crippen molar-refractivity contribution in [1.29, 1.82) is 0 Å². The largest absolute Gasteiger partial charge is 0.481 e. The molecule has 2 aromatic rings. The topological polar surface area (TPSA) is 101 Å². The number of nitrogens with one attached hydrogen (secondary N) is 2. The van der Waals surface area contributed by atoms with E-state index in [9.17, 15) is 22.8 Å². The highest BCUT2D eigenvalue weighted by molar-refractivity contribution is 5.94. The van der Waals surface area contributed by atoms with Gasteiger partial charge in [0.2, 0.25) is 0 Å². The molecule has 7 nitrogen and oxygen atoms in total. The van der Waals surface area contributed by atoms with Gasteiger partial charge < -0.3 is 24.9 Å². The third kappa shape index (κ3) is 8.25. The number of anilines is 1. The van der Waals surface area contributed by atoms with Gasteiger partial charge in [-0.1, -0.05) is 31.4 Å². The van der Waals surface area contributed by atoms with Crippen molar-refractivity contribution in [2.75, 3.05) is 18.5 Å². The van der Waals surface area contributed by atoms with Gasteiger partial charge in [-0.15, -0.1) is 0 Å². The monoisotopic (exact) mass is 574 g/mol. The lowest BCUT2D eigenvalue weighted by molar-refractivity contribution is -0.136. The quantitative estimate of drug-likeness (QED) is 0.244. The lowest BCUT2D eigenvalue weighted by atomic mass is 9.80. The second-order valence-corrected chi connectivity index (χ2v) is 10.5. The van der Waals surface area contributed by atoms with Gasteiger partial charge in [0.1, 0.15) is 18.1 Å². The summed E-state index contributed by atoms with van der Waals surface area (Å²) < 4.78 is 51.5. The predicted molar refractivity (Wildman–Crippen MR) is 149 cm³/mol. The van der Waals surface area contributed by atoms with Crippen molar-refractivity contribution in [3.8, 4) is 0 Å². The van der Waals surface area contributed by atoms with Crippen molar-refractivity contribution in [3.63, 3.8) is 0 Å². The zero-order valence-electron chi connectivity index (χ0n) is 23.2. The molecular weight excluding hydrogens is 537 g/mol. The number of carboxylic acids is 1. The predicted octanol–water partition coefficient (Wildman–Crippen LogP) is 7.42. The number of carbonyl (C=O) groups is 2. The number of alkyl halides is 3. The fourth-order valence-corrected chi connectivity index (χ4v) is 5.45. The van der Waals surface area contributed by atoms with Crippen molar-refractivity contribution < 1.29 is 37.0 Å². The Morgan fingerprint density at radius 2 is 1.83 bits per heavy atom. The number of ether oxygens (including phenoxy) is 1. The number of rotatable bonds is 12. The first-order valence-electron chi connectivity index (χ1n) is 14.2. The number of hydrogen-bond donors (Lipinski definition) is 3. The molecule has 41 heavy (non-hydrogen) atoms. The van der Waals surface area contributed by atoms with E-state index in [0.717, 1.165) is 48.6 Å². The van der Waals surface area contributed by atoms with Crippen LogP contribution in [0.15, 0.2) is 52.5 Å². The zero-order chi connectivity index (χ0) is 29.4. The summed E-state index contributed by atoms with van der Waals surface area (Å²) in [5.74, 6) is 0.204. The number of furan rings is 1. The number of carbonyl (C=O) groups excluding carboxylic acids is 1. The maximum absolute atomic E-state index is 13.2. The van der Waals surface area contributed by atoms with Crippen LogP contribution in [0.3, 0.4) is 0 Å².